The molecule has 0 atom stereocenters. The fourth-order valence-corrected chi connectivity index (χ4v) is 8.67. The van der Waals surface area contributed by atoms with E-state index in [4.69, 9.17) is 9.97 Å². The Kier molecular flexibility index (Phi) is 6.28. The molecule has 2 heterocycles. The third-order valence-electron chi connectivity index (χ3n) is 10.8. The number of benzene rings is 9. The van der Waals surface area contributed by atoms with Crippen molar-refractivity contribution in [2.45, 2.75) is 0 Å². The van der Waals surface area contributed by atoms with Crippen molar-refractivity contribution < 1.29 is 0 Å². The van der Waals surface area contributed by atoms with Gasteiger partial charge in [-0.25, -0.2) is 4.98 Å². The molecule has 0 bridgehead atoms. The first-order valence-corrected chi connectivity index (χ1v) is 17.8. The first-order chi connectivity index (χ1) is 25.8. The van der Waals surface area contributed by atoms with E-state index in [1.54, 1.807) is 0 Å². The van der Waals surface area contributed by atoms with Crippen LogP contribution in [0.5, 0.6) is 0 Å². The summed E-state index contributed by atoms with van der Waals surface area (Å²) in [7, 11) is 0. The van der Waals surface area contributed by atoms with Crippen LogP contribution in [0.4, 0.5) is 0 Å². The number of hydrogen-bond donors (Lipinski definition) is 0. The molecule has 0 spiro atoms. The summed E-state index contributed by atoms with van der Waals surface area (Å²) in [5.41, 5.74) is 8.98. The molecule has 0 aliphatic carbocycles. The van der Waals surface area contributed by atoms with Gasteiger partial charge in [0.15, 0.2) is 0 Å². The highest BCUT2D eigenvalue weighted by molar-refractivity contribution is 6.33. The van der Waals surface area contributed by atoms with Crippen molar-refractivity contribution in [2.75, 3.05) is 0 Å². The lowest BCUT2D eigenvalue weighted by Crippen LogP contribution is -1.95. The molecule has 11 aromatic rings. The van der Waals surface area contributed by atoms with Crippen molar-refractivity contribution in [1.82, 2.24) is 9.97 Å². The molecule has 0 aliphatic rings. The molecular formula is C50H30N2. The Morgan fingerprint density at radius 1 is 0.346 bits per heavy atom. The van der Waals surface area contributed by atoms with Crippen LogP contribution in [0.2, 0.25) is 0 Å². The van der Waals surface area contributed by atoms with Crippen LogP contribution in [0.25, 0.3) is 109 Å². The van der Waals surface area contributed by atoms with E-state index in [0.717, 1.165) is 49.4 Å². The van der Waals surface area contributed by atoms with Crippen LogP contribution >= 0.6 is 0 Å². The zero-order chi connectivity index (χ0) is 34.2. The summed E-state index contributed by atoms with van der Waals surface area (Å²) in [5, 5.41) is 14.4. The first-order valence-electron chi connectivity index (χ1n) is 17.8. The molecule has 240 valence electrons. The topological polar surface area (TPSA) is 25.8 Å². The predicted molar refractivity (Wildman–Crippen MR) is 221 cm³/mol. The van der Waals surface area contributed by atoms with Gasteiger partial charge in [-0.05, 0) is 72.1 Å². The molecule has 2 nitrogen and oxygen atoms in total. The van der Waals surface area contributed by atoms with Gasteiger partial charge in [-0.2, -0.15) is 0 Å². The van der Waals surface area contributed by atoms with Gasteiger partial charge in [-0.3, -0.25) is 4.98 Å². The van der Waals surface area contributed by atoms with E-state index in [1.165, 1.54) is 59.8 Å². The van der Waals surface area contributed by atoms with E-state index in [0.29, 0.717) is 0 Å². The van der Waals surface area contributed by atoms with E-state index in [1.807, 2.05) is 6.20 Å². The van der Waals surface area contributed by atoms with Crippen molar-refractivity contribution in [2.24, 2.45) is 0 Å². The van der Waals surface area contributed by atoms with Gasteiger partial charge in [-0.15, -0.1) is 0 Å². The number of rotatable bonds is 3. The lowest BCUT2D eigenvalue weighted by molar-refractivity contribution is 1.42. The average molecular weight is 659 g/mol. The fourth-order valence-electron chi connectivity index (χ4n) is 8.67. The Labute approximate surface area is 300 Å². The minimum absolute atomic E-state index is 0.968. The molecule has 0 unspecified atom stereocenters. The van der Waals surface area contributed by atoms with Gasteiger partial charge in [0.25, 0.3) is 0 Å². The molecule has 2 heteroatoms. The highest BCUT2D eigenvalue weighted by atomic mass is 14.7. The van der Waals surface area contributed by atoms with Crippen molar-refractivity contribution in [1.29, 1.82) is 0 Å². The molecule has 2 aromatic heterocycles. The maximum absolute atomic E-state index is 5.56. The van der Waals surface area contributed by atoms with Gasteiger partial charge in [0.05, 0.1) is 16.7 Å². The minimum atomic E-state index is 0.968. The van der Waals surface area contributed by atoms with E-state index in [-0.39, 0.29) is 0 Å². The molecule has 11 rings (SSSR count). The lowest BCUT2D eigenvalue weighted by atomic mass is 9.84. The zero-order valence-corrected chi connectivity index (χ0v) is 28.2. The Morgan fingerprint density at radius 2 is 0.942 bits per heavy atom. The summed E-state index contributed by atoms with van der Waals surface area (Å²) in [6.07, 6.45) is 1.90. The third kappa shape index (κ3) is 4.19. The summed E-state index contributed by atoms with van der Waals surface area (Å²) in [5.74, 6) is 0. The largest absolute Gasteiger partial charge is 0.256 e. The van der Waals surface area contributed by atoms with Crippen LogP contribution in [0.3, 0.4) is 0 Å². The summed E-state index contributed by atoms with van der Waals surface area (Å²) in [6, 6.07) is 63.6. The van der Waals surface area contributed by atoms with Crippen LogP contribution in [-0.2, 0) is 0 Å². The zero-order valence-electron chi connectivity index (χ0n) is 28.2. The average Bonchev–Trinajstić information content (AvgIpc) is 3.22. The van der Waals surface area contributed by atoms with Crippen LogP contribution in [0, 0.1) is 0 Å². The highest BCUT2D eigenvalue weighted by Gasteiger charge is 2.21. The van der Waals surface area contributed by atoms with Gasteiger partial charge >= 0.3 is 0 Å². The van der Waals surface area contributed by atoms with Crippen LogP contribution in [0.1, 0.15) is 0 Å². The minimum Gasteiger partial charge on any atom is -0.256 e. The molecule has 0 amide bonds. The molecule has 0 fully saturated rings. The van der Waals surface area contributed by atoms with Crippen molar-refractivity contribution >= 4 is 75.7 Å². The van der Waals surface area contributed by atoms with Gasteiger partial charge in [0.1, 0.15) is 0 Å². The number of hydrogen-bond acceptors (Lipinski definition) is 2. The molecule has 0 radical (unpaired) electrons. The van der Waals surface area contributed by atoms with Gasteiger partial charge in [0.2, 0.25) is 0 Å². The summed E-state index contributed by atoms with van der Waals surface area (Å²) in [6.45, 7) is 0. The normalized spacial score (nSPS) is 11.8. The summed E-state index contributed by atoms with van der Waals surface area (Å²) < 4.78 is 0. The van der Waals surface area contributed by atoms with Crippen molar-refractivity contribution in [3.05, 3.63) is 182 Å². The van der Waals surface area contributed by atoms with Gasteiger partial charge < -0.3 is 0 Å². The maximum Gasteiger partial charge on any atom is 0.0794 e. The van der Waals surface area contributed by atoms with E-state index < -0.39 is 0 Å². The Bertz CT molecular complexity index is 3170. The summed E-state index contributed by atoms with van der Waals surface area (Å²) in [4.78, 5) is 10.5. The van der Waals surface area contributed by atoms with E-state index in [2.05, 4.69) is 176 Å². The number of fused-ring (bicyclic) bond motifs is 11. The smallest absolute Gasteiger partial charge is 0.0794 e. The van der Waals surface area contributed by atoms with Crippen molar-refractivity contribution in [3.8, 4) is 33.5 Å². The third-order valence-corrected chi connectivity index (χ3v) is 10.8. The van der Waals surface area contributed by atoms with Crippen molar-refractivity contribution in [3.63, 3.8) is 0 Å². The molecular weight excluding hydrogens is 629 g/mol. The quantitative estimate of drug-likeness (QED) is 0.139. The second-order valence-electron chi connectivity index (χ2n) is 13.6. The highest BCUT2D eigenvalue weighted by Crippen LogP contribution is 2.47. The Morgan fingerprint density at radius 3 is 1.69 bits per heavy atom. The molecule has 0 saturated heterocycles. The molecule has 0 saturated carbocycles. The molecule has 52 heavy (non-hydrogen) atoms. The van der Waals surface area contributed by atoms with Gasteiger partial charge in [-0.1, -0.05) is 164 Å². The predicted octanol–water partition coefficient (Wildman–Crippen LogP) is 13.5. The standard InChI is InChI=1S/C50H30N2/c1-2-15-32(16-3-1)49-48-40-23-10-11-24-41(40)50-43(26-13-29-51-50)47(48)42-28-27-33(30-44(42)52-49)45-36-19-6-8-21-38(36)46(39-22-9-7-20-37(39)45)35-25-12-17-31-14-4-5-18-34(31)35/h1-30H. The van der Waals surface area contributed by atoms with Crippen LogP contribution < -0.4 is 0 Å². The van der Waals surface area contributed by atoms with Crippen LogP contribution in [-0.4, -0.2) is 9.97 Å². The Hall–Kier alpha value is -6.90. The summed E-state index contributed by atoms with van der Waals surface area (Å²) >= 11 is 0. The first kappa shape index (κ1) is 28.9. The fraction of sp³-hybridized carbons (Fsp3) is 0. The molecule has 9 aromatic carbocycles. The maximum atomic E-state index is 5.56. The second kappa shape index (κ2) is 11.3. The number of pyridine rings is 2. The van der Waals surface area contributed by atoms with E-state index >= 15 is 0 Å². The molecule has 0 aliphatic heterocycles. The van der Waals surface area contributed by atoms with E-state index in [9.17, 15) is 0 Å². The second-order valence-corrected chi connectivity index (χ2v) is 13.6. The monoisotopic (exact) mass is 658 g/mol. The van der Waals surface area contributed by atoms with Crippen LogP contribution in [0.15, 0.2) is 182 Å². The van der Waals surface area contributed by atoms with Gasteiger partial charge in [0, 0.05) is 38.7 Å². The number of aromatic nitrogens is 2. The SMILES string of the molecule is c1ccc(-c2nc3cc(-c4c5ccccc5c(-c5cccc6ccccc56)c5ccccc45)ccc3c3c4cccnc4c4ccccc4c23)cc1. The molecule has 0 N–H and O–H groups in total. The number of nitrogens with zero attached hydrogens (tertiary/aromatic N) is 2. The Balaban J connectivity index is 1.27. The lowest BCUT2D eigenvalue weighted by Gasteiger charge is -2.19.